The Balaban J connectivity index is 2.58. The van der Waals surface area contributed by atoms with Crippen LogP contribution in [0.4, 0.5) is 5.69 Å². The number of aliphatic hydroxyl groups is 1. The predicted octanol–water partition coefficient (Wildman–Crippen LogP) is 1.11. The highest BCUT2D eigenvalue weighted by Crippen LogP contribution is 2.33. The first-order valence-corrected chi connectivity index (χ1v) is 7.70. The van der Waals surface area contributed by atoms with E-state index in [-0.39, 0.29) is 24.8 Å². The Bertz CT molecular complexity index is 585. The van der Waals surface area contributed by atoms with Gasteiger partial charge < -0.3 is 10.0 Å². The monoisotopic (exact) mass is 295 g/mol. The topological polar surface area (TPSA) is 74.7 Å². The largest absolute Gasteiger partial charge is 0.395 e. The summed E-state index contributed by atoms with van der Waals surface area (Å²) >= 11 is 0. The molecule has 6 heteroatoms. The molecule has 0 bridgehead atoms. The van der Waals surface area contributed by atoms with Gasteiger partial charge in [0.05, 0.1) is 28.0 Å². The highest BCUT2D eigenvalue weighted by Gasteiger charge is 2.37. The summed E-state index contributed by atoms with van der Waals surface area (Å²) in [5, 5.41) is 8.54. The van der Waals surface area contributed by atoms with Crippen LogP contribution < -0.4 is 4.90 Å². The lowest BCUT2D eigenvalue weighted by molar-refractivity contribution is -0.118. The van der Waals surface area contributed by atoms with Crippen molar-refractivity contribution in [2.75, 3.05) is 18.1 Å². The van der Waals surface area contributed by atoms with Gasteiger partial charge in [0, 0.05) is 12.1 Å². The number of benzene rings is 1. The second-order valence-corrected chi connectivity index (χ2v) is 6.25. The maximum atomic E-state index is 12.4. The molecule has 1 aliphatic heterocycles. The smallest absolute Gasteiger partial charge is 0.243 e. The first-order valence-electron chi connectivity index (χ1n) is 6.49. The minimum atomic E-state index is -1.41. The minimum Gasteiger partial charge on any atom is -0.395 e. The fourth-order valence-electron chi connectivity index (χ4n) is 2.31. The first-order chi connectivity index (χ1) is 9.51. The maximum Gasteiger partial charge on any atom is 0.243 e. The quantitative estimate of drug-likeness (QED) is 0.845. The van der Waals surface area contributed by atoms with Crippen molar-refractivity contribution in [1.29, 1.82) is 0 Å². The van der Waals surface area contributed by atoms with Crippen molar-refractivity contribution in [3.05, 3.63) is 23.8 Å². The number of fused-ring (bicyclic) bond motifs is 1. The molecule has 1 aliphatic rings. The second kappa shape index (κ2) is 5.85. The second-order valence-electron chi connectivity index (χ2n) is 4.65. The summed E-state index contributed by atoms with van der Waals surface area (Å²) < 4.78 is 12.4. The molecule has 1 amide bonds. The number of Topliss-reactive ketones (excluding diaryl/α,β-unsaturated/α-hetero) is 1. The van der Waals surface area contributed by atoms with Crippen molar-refractivity contribution in [1.82, 2.24) is 0 Å². The number of β-amino-alcohol motifs (C(OH)–C–C–N with tert-alkyl or cyclic N) is 1. The molecule has 0 spiro atoms. The Morgan fingerprint density at radius 2 is 2.15 bits per heavy atom. The van der Waals surface area contributed by atoms with Crippen LogP contribution in [0.25, 0.3) is 0 Å². The molecule has 0 aromatic heterocycles. The molecule has 2 rings (SSSR count). The normalized spacial score (nSPS) is 21.8. The Hall–Kier alpha value is -1.53. The highest BCUT2D eigenvalue weighted by atomic mass is 32.2. The average molecular weight is 295 g/mol. The Labute approximate surface area is 120 Å². The van der Waals surface area contributed by atoms with Gasteiger partial charge in [-0.2, -0.15) is 0 Å². The third-order valence-electron chi connectivity index (χ3n) is 3.37. The van der Waals surface area contributed by atoms with Gasteiger partial charge in [-0.05, 0) is 25.5 Å². The zero-order chi connectivity index (χ0) is 14.9. The SMILES string of the molecule is CCC1C(=O)N(CCO)c2cc(C(C)=O)ccc2S1=O. The lowest BCUT2D eigenvalue weighted by Gasteiger charge is -2.33. The van der Waals surface area contributed by atoms with Crippen LogP contribution in [0, 0.1) is 0 Å². The molecule has 1 aromatic rings. The lowest BCUT2D eigenvalue weighted by Crippen LogP contribution is -2.46. The molecule has 2 atom stereocenters. The van der Waals surface area contributed by atoms with E-state index in [4.69, 9.17) is 5.11 Å². The summed E-state index contributed by atoms with van der Waals surface area (Å²) in [5.74, 6) is -0.374. The molecule has 20 heavy (non-hydrogen) atoms. The van der Waals surface area contributed by atoms with E-state index in [2.05, 4.69) is 0 Å². The number of anilines is 1. The molecule has 2 unspecified atom stereocenters. The molecule has 0 fully saturated rings. The van der Waals surface area contributed by atoms with Crippen LogP contribution in [0.5, 0.6) is 0 Å². The van der Waals surface area contributed by atoms with Gasteiger partial charge in [-0.25, -0.2) is 0 Å². The van der Waals surface area contributed by atoms with Gasteiger partial charge in [-0.15, -0.1) is 0 Å². The van der Waals surface area contributed by atoms with E-state index in [1.807, 2.05) is 6.92 Å². The van der Waals surface area contributed by atoms with E-state index in [1.165, 1.54) is 11.8 Å². The molecule has 1 heterocycles. The van der Waals surface area contributed by atoms with E-state index in [0.717, 1.165) is 0 Å². The minimum absolute atomic E-state index is 0.118. The fourth-order valence-corrected chi connectivity index (χ4v) is 3.81. The van der Waals surface area contributed by atoms with Gasteiger partial charge in [0.15, 0.2) is 5.78 Å². The number of rotatable bonds is 4. The molecule has 0 saturated heterocycles. The van der Waals surface area contributed by atoms with Crippen molar-refractivity contribution < 1.29 is 18.9 Å². The molecule has 0 aliphatic carbocycles. The lowest BCUT2D eigenvalue weighted by atomic mass is 10.1. The zero-order valence-electron chi connectivity index (χ0n) is 11.5. The molecule has 5 nitrogen and oxygen atoms in total. The number of aliphatic hydroxyl groups excluding tert-OH is 1. The Kier molecular flexibility index (Phi) is 4.35. The molecular weight excluding hydrogens is 278 g/mol. The molecular formula is C14H17NO4S. The van der Waals surface area contributed by atoms with Crippen molar-refractivity contribution in [2.45, 2.75) is 30.4 Å². The highest BCUT2D eigenvalue weighted by molar-refractivity contribution is 7.86. The summed E-state index contributed by atoms with van der Waals surface area (Å²) in [5.41, 5.74) is 0.936. The van der Waals surface area contributed by atoms with E-state index in [9.17, 15) is 13.8 Å². The summed E-state index contributed by atoms with van der Waals surface area (Å²) in [7, 11) is -1.41. The molecule has 108 valence electrons. The van der Waals surface area contributed by atoms with E-state index < -0.39 is 16.0 Å². The number of amides is 1. The van der Waals surface area contributed by atoms with Gasteiger partial charge in [0.2, 0.25) is 5.91 Å². The van der Waals surface area contributed by atoms with Gasteiger partial charge in [-0.1, -0.05) is 13.0 Å². The van der Waals surface area contributed by atoms with Crippen LogP contribution in [0.2, 0.25) is 0 Å². The summed E-state index contributed by atoms with van der Waals surface area (Å²) in [6.45, 7) is 3.21. The third-order valence-corrected chi connectivity index (χ3v) is 5.20. The summed E-state index contributed by atoms with van der Waals surface area (Å²) in [4.78, 5) is 25.8. The molecule has 1 N–H and O–H groups in total. The van der Waals surface area contributed by atoms with Crippen LogP contribution in [0.1, 0.15) is 30.6 Å². The van der Waals surface area contributed by atoms with Crippen molar-refractivity contribution >= 4 is 28.2 Å². The third kappa shape index (κ3) is 2.41. The zero-order valence-corrected chi connectivity index (χ0v) is 12.3. The molecule has 1 aromatic carbocycles. The molecule has 0 radical (unpaired) electrons. The average Bonchev–Trinajstić information content (AvgIpc) is 2.43. The van der Waals surface area contributed by atoms with E-state index in [1.54, 1.807) is 18.2 Å². The number of carbonyl (C=O) groups excluding carboxylic acids is 2. The maximum absolute atomic E-state index is 12.4. The van der Waals surface area contributed by atoms with Crippen molar-refractivity contribution in [2.24, 2.45) is 0 Å². The van der Waals surface area contributed by atoms with E-state index in [0.29, 0.717) is 22.6 Å². The number of ketones is 1. The number of nitrogens with zero attached hydrogens (tertiary/aromatic N) is 1. The predicted molar refractivity (Wildman–Crippen MR) is 76.4 cm³/mol. The van der Waals surface area contributed by atoms with Crippen molar-refractivity contribution in [3.8, 4) is 0 Å². The number of hydrogen-bond acceptors (Lipinski definition) is 4. The van der Waals surface area contributed by atoms with Crippen LogP contribution >= 0.6 is 0 Å². The van der Waals surface area contributed by atoms with Crippen molar-refractivity contribution in [3.63, 3.8) is 0 Å². The standard InChI is InChI=1S/C14H17NO4S/c1-3-12-14(18)15(6-7-16)11-8-10(9(2)17)4-5-13(11)20(12)19/h4-5,8,12,16H,3,6-7H2,1-2H3. The summed E-state index contributed by atoms with van der Waals surface area (Å²) in [6, 6.07) is 4.84. The Morgan fingerprint density at radius 3 is 2.70 bits per heavy atom. The van der Waals surface area contributed by atoms with Gasteiger partial charge in [0.1, 0.15) is 5.25 Å². The van der Waals surface area contributed by atoms with Gasteiger partial charge in [-0.3, -0.25) is 13.8 Å². The van der Waals surface area contributed by atoms with Crippen LogP contribution in [0.15, 0.2) is 23.1 Å². The van der Waals surface area contributed by atoms with Crippen LogP contribution in [-0.2, 0) is 15.6 Å². The van der Waals surface area contributed by atoms with Gasteiger partial charge >= 0.3 is 0 Å². The van der Waals surface area contributed by atoms with E-state index >= 15 is 0 Å². The fraction of sp³-hybridized carbons (Fsp3) is 0.429. The van der Waals surface area contributed by atoms with Crippen LogP contribution in [-0.4, -0.2) is 39.4 Å². The summed E-state index contributed by atoms with van der Waals surface area (Å²) in [6.07, 6.45) is 0.473. The van der Waals surface area contributed by atoms with Gasteiger partial charge in [0.25, 0.3) is 0 Å². The first kappa shape index (κ1) is 14.9. The molecule has 0 saturated carbocycles. The Morgan fingerprint density at radius 1 is 1.45 bits per heavy atom. The number of hydrogen-bond donors (Lipinski definition) is 1. The number of carbonyl (C=O) groups is 2. The van der Waals surface area contributed by atoms with Crippen LogP contribution in [0.3, 0.4) is 0 Å².